The number of alkyl halides is 3. The van der Waals surface area contributed by atoms with Gasteiger partial charge in [-0.3, -0.25) is 9.69 Å². The van der Waals surface area contributed by atoms with Crippen LogP contribution in [0.5, 0.6) is 0 Å². The Labute approximate surface area is 176 Å². The van der Waals surface area contributed by atoms with Gasteiger partial charge in [0.25, 0.3) is 5.91 Å². The second-order valence-electron chi connectivity index (χ2n) is 7.27. The first-order valence-electron chi connectivity index (χ1n) is 8.74. The molecule has 30 heavy (non-hydrogen) atoms. The van der Waals surface area contributed by atoms with Gasteiger partial charge >= 0.3 is 6.18 Å². The molecule has 0 N–H and O–H groups in total. The fourth-order valence-electron chi connectivity index (χ4n) is 3.37. The maximum Gasteiger partial charge on any atom is 0.417 e. The van der Waals surface area contributed by atoms with Gasteiger partial charge in [-0.2, -0.15) is 23.7 Å². The van der Waals surface area contributed by atoms with Gasteiger partial charge in [-0.25, -0.2) is 0 Å². The van der Waals surface area contributed by atoms with Crippen molar-refractivity contribution in [2.45, 2.75) is 32.5 Å². The quantitative estimate of drug-likeness (QED) is 0.650. The lowest BCUT2D eigenvalue weighted by Crippen LogP contribution is -2.44. The Bertz CT molecular complexity index is 1160. The van der Waals surface area contributed by atoms with E-state index in [0.29, 0.717) is 16.8 Å². The van der Waals surface area contributed by atoms with Crippen LogP contribution in [0.1, 0.15) is 36.1 Å². The molecule has 0 bridgehead atoms. The minimum absolute atomic E-state index is 0.00643. The molecule has 2 aromatic carbocycles. The summed E-state index contributed by atoms with van der Waals surface area (Å²) in [6.07, 6.45) is -4.74. The molecule has 1 heterocycles. The number of hydrogen-bond acceptors (Lipinski definition) is 4. The third kappa shape index (κ3) is 3.27. The maximum atomic E-state index is 13.4. The van der Waals surface area contributed by atoms with Crippen LogP contribution >= 0.6 is 12.2 Å². The highest BCUT2D eigenvalue weighted by molar-refractivity contribution is 7.81. The van der Waals surface area contributed by atoms with Crippen molar-refractivity contribution in [1.82, 2.24) is 0 Å². The number of amides is 1. The highest BCUT2D eigenvalue weighted by Crippen LogP contribution is 2.40. The number of thiocarbonyl (C=S) groups is 1. The van der Waals surface area contributed by atoms with E-state index in [0.717, 1.165) is 12.1 Å². The molecule has 1 aliphatic rings. The largest absolute Gasteiger partial charge is 0.417 e. The normalized spacial score (nSPS) is 15.9. The van der Waals surface area contributed by atoms with E-state index in [9.17, 15) is 18.0 Å². The first-order chi connectivity index (χ1) is 13.9. The van der Waals surface area contributed by atoms with Crippen molar-refractivity contribution in [3.8, 4) is 12.1 Å². The topological polar surface area (TPSA) is 71.1 Å². The van der Waals surface area contributed by atoms with Crippen molar-refractivity contribution in [2.24, 2.45) is 0 Å². The number of hydrogen-bond donors (Lipinski definition) is 0. The number of anilines is 2. The molecule has 2 aromatic rings. The summed E-state index contributed by atoms with van der Waals surface area (Å²) in [5.74, 6) is -0.422. The molecule has 0 saturated carbocycles. The minimum Gasteiger partial charge on any atom is -0.304 e. The molecule has 0 radical (unpaired) electrons. The van der Waals surface area contributed by atoms with Gasteiger partial charge in [-0.05, 0) is 75.0 Å². The molecule has 5 nitrogen and oxygen atoms in total. The van der Waals surface area contributed by atoms with Crippen LogP contribution in [0.15, 0.2) is 36.4 Å². The van der Waals surface area contributed by atoms with E-state index in [4.69, 9.17) is 22.7 Å². The number of aryl methyl sites for hydroxylation is 1. The van der Waals surface area contributed by atoms with Crippen molar-refractivity contribution >= 4 is 34.6 Å². The number of rotatable bonds is 2. The Balaban J connectivity index is 2.13. The lowest BCUT2D eigenvalue weighted by Gasteiger charge is -2.30. The lowest BCUT2D eigenvalue weighted by atomic mass is 10.0. The molecule has 1 amide bonds. The van der Waals surface area contributed by atoms with Crippen LogP contribution in [0.25, 0.3) is 0 Å². The summed E-state index contributed by atoms with van der Waals surface area (Å²) in [5.41, 5.74) is -1.33. The Morgan fingerprint density at radius 3 is 2.10 bits per heavy atom. The second kappa shape index (κ2) is 7.12. The third-order valence-corrected chi connectivity index (χ3v) is 5.31. The molecule has 1 fully saturated rings. The lowest BCUT2D eigenvalue weighted by molar-refractivity contribution is -0.137. The average Bonchev–Trinajstić information content (AvgIpc) is 2.85. The zero-order valence-corrected chi connectivity index (χ0v) is 17.0. The van der Waals surface area contributed by atoms with E-state index in [2.05, 4.69) is 0 Å². The van der Waals surface area contributed by atoms with Gasteiger partial charge in [-0.1, -0.05) is 0 Å². The Hall–Kier alpha value is -3.43. The summed E-state index contributed by atoms with van der Waals surface area (Å²) in [5, 5.41) is 18.1. The van der Waals surface area contributed by atoms with E-state index in [1.807, 2.05) is 6.07 Å². The Kier molecular flexibility index (Phi) is 5.05. The zero-order valence-electron chi connectivity index (χ0n) is 16.2. The standard InChI is InChI=1S/C21H15F3N4OS/c1-12-8-15(6-4-13(12)10-25)27-18(29)20(2,3)28(19(27)30)16-7-5-14(11-26)17(9-16)21(22,23)24/h4-9H,1-3H3. The number of nitrogens with zero attached hydrogens (tertiary/aromatic N) is 4. The molecule has 0 unspecified atom stereocenters. The monoisotopic (exact) mass is 428 g/mol. The first-order valence-corrected chi connectivity index (χ1v) is 9.15. The summed E-state index contributed by atoms with van der Waals surface area (Å²) in [6, 6.07) is 11.6. The van der Waals surface area contributed by atoms with Crippen molar-refractivity contribution < 1.29 is 18.0 Å². The van der Waals surface area contributed by atoms with Gasteiger partial charge in [-0.15, -0.1) is 0 Å². The van der Waals surface area contributed by atoms with E-state index < -0.39 is 28.7 Å². The van der Waals surface area contributed by atoms with Crippen molar-refractivity contribution in [1.29, 1.82) is 10.5 Å². The number of nitriles is 2. The second-order valence-corrected chi connectivity index (χ2v) is 7.63. The van der Waals surface area contributed by atoms with Crippen molar-refractivity contribution in [2.75, 3.05) is 9.80 Å². The van der Waals surface area contributed by atoms with Crippen LogP contribution in [-0.4, -0.2) is 16.6 Å². The van der Waals surface area contributed by atoms with Gasteiger partial charge in [0.2, 0.25) is 0 Å². The number of carbonyl (C=O) groups excluding carboxylic acids is 1. The number of carbonyl (C=O) groups is 1. The molecule has 3 rings (SSSR count). The van der Waals surface area contributed by atoms with Crippen molar-refractivity contribution in [3.05, 3.63) is 58.7 Å². The maximum absolute atomic E-state index is 13.4. The average molecular weight is 428 g/mol. The van der Waals surface area contributed by atoms with Gasteiger partial charge in [0.15, 0.2) is 5.11 Å². The van der Waals surface area contributed by atoms with Crippen LogP contribution in [0.4, 0.5) is 24.5 Å². The van der Waals surface area contributed by atoms with E-state index in [1.165, 1.54) is 21.9 Å². The highest BCUT2D eigenvalue weighted by atomic mass is 32.1. The molecule has 152 valence electrons. The predicted molar refractivity (Wildman–Crippen MR) is 109 cm³/mol. The summed E-state index contributed by atoms with van der Waals surface area (Å²) in [6.45, 7) is 4.83. The van der Waals surface area contributed by atoms with E-state index in [-0.39, 0.29) is 10.8 Å². The molecule has 0 aromatic heterocycles. The van der Waals surface area contributed by atoms with Gasteiger partial charge < -0.3 is 4.90 Å². The SMILES string of the molecule is Cc1cc(N2C(=O)C(C)(C)N(c3ccc(C#N)c(C(F)(F)F)c3)C2=S)ccc1C#N. The van der Waals surface area contributed by atoms with Crippen LogP contribution < -0.4 is 9.80 Å². The van der Waals surface area contributed by atoms with Gasteiger partial charge in [0.05, 0.1) is 34.5 Å². The fourth-order valence-corrected chi connectivity index (χ4v) is 3.89. The molecule has 9 heteroatoms. The summed E-state index contributed by atoms with van der Waals surface area (Å²) in [4.78, 5) is 15.7. The Morgan fingerprint density at radius 1 is 1.00 bits per heavy atom. The van der Waals surface area contributed by atoms with E-state index >= 15 is 0 Å². The smallest absolute Gasteiger partial charge is 0.304 e. The summed E-state index contributed by atoms with van der Waals surface area (Å²) < 4.78 is 40.3. The van der Waals surface area contributed by atoms with E-state index in [1.54, 1.807) is 39.0 Å². The van der Waals surface area contributed by atoms with Gasteiger partial charge in [0.1, 0.15) is 5.54 Å². The summed E-state index contributed by atoms with van der Waals surface area (Å²) >= 11 is 5.47. The van der Waals surface area contributed by atoms with Crippen LogP contribution in [0, 0.1) is 29.6 Å². The highest BCUT2D eigenvalue weighted by Gasteiger charge is 2.50. The Morgan fingerprint density at radius 2 is 1.57 bits per heavy atom. The van der Waals surface area contributed by atoms with Crippen molar-refractivity contribution in [3.63, 3.8) is 0 Å². The fraction of sp³-hybridized carbons (Fsp3) is 0.238. The molecule has 0 aliphatic carbocycles. The third-order valence-electron chi connectivity index (χ3n) is 4.94. The first kappa shape index (κ1) is 21.3. The molecule has 1 aliphatic heterocycles. The van der Waals surface area contributed by atoms with Crippen LogP contribution in [-0.2, 0) is 11.0 Å². The summed E-state index contributed by atoms with van der Waals surface area (Å²) in [7, 11) is 0. The zero-order chi connectivity index (χ0) is 22.4. The molecule has 0 atom stereocenters. The minimum atomic E-state index is -4.74. The van der Waals surface area contributed by atoms with Crippen LogP contribution in [0.2, 0.25) is 0 Å². The predicted octanol–water partition coefficient (Wildman–Crippen LogP) is 4.67. The molecule has 1 saturated heterocycles. The number of benzene rings is 2. The number of halogens is 3. The van der Waals surface area contributed by atoms with Gasteiger partial charge in [0, 0.05) is 5.69 Å². The van der Waals surface area contributed by atoms with Crippen LogP contribution in [0.3, 0.4) is 0 Å². The molecular weight excluding hydrogens is 413 g/mol. The molecule has 0 spiro atoms. The molecular formula is C21H15F3N4OS.